The topological polar surface area (TPSA) is 24.5 Å². The van der Waals surface area contributed by atoms with Gasteiger partial charge in [0.15, 0.2) is 0 Å². The largest absolute Gasteiger partial charge is 0.380 e. The number of benzene rings is 1. The number of ether oxygens (including phenoxy) is 1. The van der Waals surface area contributed by atoms with Gasteiger partial charge in [0.1, 0.15) is 5.82 Å². The number of hydrogen-bond donors (Lipinski definition) is 1. The lowest BCUT2D eigenvalue weighted by atomic mass is 10.0. The van der Waals surface area contributed by atoms with Gasteiger partial charge in [-0.1, -0.05) is 6.92 Å². The van der Waals surface area contributed by atoms with Crippen molar-refractivity contribution in [3.8, 4) is 0 Å². The van der Waals surface area contributed by atoms with Crippen LogP contribution >= 0.6 is 0 Å². The number of methoxy groups -OCH3 is 1. The van der Waals surface area contributed by atoms with Gasteiger partial charge in [-0.15, -0.1) is 0 Å². The Morgan fingerprint density at radius 2 is 2.24 bits per heavy atom. The van der Waals surface area contributed by atoms with E-state index in [1.54, 1.807) is 13.2 Å². The highest BCUT2D eigenvalue weighted by Gasteiger charge is 2.25. The van der Waals surface area contributed by atoms with Gasteiger partial charge in [-0.2, -0.15) is 0 Å². The van der Waals surface area contributed by atoms with Crippen LogP contribution in [0.5, 0.6) is 0 Å². The Kier molecular flexibility index (Phi) is 5.59. The lowest BCUT2D eigenvalue weighted by Crippen LogP contribution is -2.27. The van der Waals surface area contributed by atoms with E-state index in [1.807, 2.05) is 13.0 Å². The number of anilines is 1. The van der Waals surface area contributed by atoms with Crippen molar-refractivity contribution in [1.82, 2.24) is 5.32 Å². The van der Waals surface area contributed by atoms with Crippen LogP contribution in [0.25, 0.3) is 0 Å². The molecule has 1 fully saturated rings. The Morgan fingerprint density at radius 1 is 1.48 bits per heavy atom. The zero-order chi connectivity index (χ0) is 15.4. The molecule has 3 nitrogen and oxygen atoms in total. The molecule has 0 aliphatic carbocycles. The number of aryl methyl sites for hydroxylation is 1. The third kappa shape index (κ3) is 3.74. The Labute approximate surface area is 127 Å². The molecule has 0 amide bonds. The monoisotopic (exact) mass is 294 g/mol. The second-order valence-corrected chi connectivity index (χ2v) is 5.93. The predicted molar refractivity (Wildman–Crippen MR) is 85.5 cm³/mol. The Morgan fingerprint density at radius 3 is 2.86 bits per heavy atom. The van der Waals surface area contributed by atoms with Crippen LogP contribution < -0.4 is 10.2 Å². The van der Waals surface area contributed by atoms with Crippen LogP contribution in [-0.2, 0) is 4.74 Å². The maximum atomic E-state index is 14.0. The zero-order valence-corrected chi connectivity index (χ0v) is 13.6. The van der Waals surface area contributed by atoms with Gasteiger partial charge < -0.3 is 15.0 Å². The van der Waals surface area contributed by atoms with Crippen molar-refractivity contribution in [2.45, 2.75) is 45.8 Å². The molecular formula is C17H27FN2O. The highest BCUT2D eigenvalue weighted by atomic mass is 19.1. The fourth-order valence-corrected chi connectivity index (χ4v) is 2.91. The fraction of sp³-hybridized carbons (Fsp3) is 0.647. The minimum atomic E-state index is -0.124. The highest BCUT2D eigenvalue weighted by Crippen LogP contribution is 2.32. The number of rotatable bonds is 6. The van der Waals surface area contributed by atoms with Crippen molar-refractivity contribution in [2.24, 2.45) is 0 Å². The van der Waals surface area contributed by atoms with Gasteiger partial charge in [-0.05, 0) is 56.5 Å². The summed E-state index contributed by atoms with van der Waals surface area (Å²) in [7, 11) is 1.76. The number of nitrogens with zero attached hydrogens (tertiary/aromatic N) is 1. The molecule has 4 heteroatoms. The standard InChI is InChI=1S/C17H27FN2O/c1-5-7-19-13(3)15-10-16(18)12(2)9-17(15)20-8-6-14(11-20)21-4/h9-10,13-14,19H,5-8,11H2,1-4H3. The molecule has 0 saturated carbocycles. The SMILES string of the molecule is CCCNC(C)c1cc(F)c(C)cc1N1CCC(OC)C1. The Bertz CT molecular complexity index is 478. The van der Waals surface area contributed by atoms with E-state index in [4.69, 9.17) is 4.74 Å². The van der Waals surface area contributed by atoms with Crippen LogP contribution in [0, 0.1) is 12.7 Å². The van der Waals surface area contributed by atoms with Crippen LogP contribution in [0.1, 0.15) is 43.9 Å². The van der Waals surface area contributed by atoms with Gasteiger partial charge in [0.2, 0.25) is 0 Å². The molecule has 2 atom stereocenters. The lowest BCUT2D eigenvalue weighted by molar-refractivity contribution is 0.121. The van der Waals surface area contributed by atoms with Crippen molar-refractivity contribution in [3.63, 3.8) is 0 Å². The van der Waals surface area contributed by atoms with Gasteiger partial charge >= 0.3 is 0 Å². The molecular weight excluding hydrogens is 267 g/mol. The minimum absolute atomic E-state index is 0.124. The molecule has 1 aliphatic rings. The van der Waals surface area contributed by atoms with E-state index < -0.39 is 0 Å². The normalized spacial score (nSPS) is 20.0. The molecule has 1 N–H and O–H groups in total. The molecule has 118 valence electrons. The molecule has 1 aromatic carbocycles. The molecule has 1 aliphatic heterocycles. The van der Waals surface area contributed by atoms with Crippen LogP contribution in [-0.4, -0.2) is 32.8 Å². The summed E-state index contributed by atoms with van der Waals surface area (Å²) in [5.41, 5.74) is 2.89. The van der Waals surface area contributed by atoms with Gasteiger partial charge in [-0.3, -0.25) is 0 Å². The Balaban J connectivity index is 2.28. The van der Waals surface area contributed by atoms with E-state index in [0.717, 1.165) is 43.7 Å². The van der Waals surface area contributed by atoms with E-state index >= 15 is 0 Å². The third-order valence-electron chi connectivity index (χ3n) is 4.29. The van der Waals surface area contributed by atoms with Crippen LogP contribution in [0.15, 0.2) is 12.1 Å². The van der Waals surface area contributed by atoms with Crippen LogP contribution in [0.4, 0.5) is 10.1 Å². The van der Waals surface area contributed by atoms with Crippen molar-refractivity contribution in [2.75, 3.05) is 31.6 Å². The molecule has 0 aromatic heterocycles. The number of nitrogens with one attached hydrogen (secondary N) is 1. The van der Waals surface area contributed by atoms with Crippen molar-refractivity contribution in [1.29, 1.82) is 0 Å². The van der Waals surface area contributed by atoms with Gasteiger partial charge in [0, 0.05) is 31.9 Å². The maximum Gasteiger partial charge on any atom is 0.126 e. The molecule has 0 radical (unpaired) electrons. The Hall–Kier alpha value is -1.13. The van der Waals surface area contributed by atoms with E-state index in [2.05, 4.69) is 24.1 Å². The molecule has 21 heavy (non-hydrogen) atoms. The second kappa shape index (κ2) is 7.23. The van der Waals surface area contributed by atoms with Gasteiger partial charge in [0.05, 0.1) is 6.10 Å². The molecule has 2 unspecified atom stereocenters. The number of hydrogen-bond acceptors (Lipinski definition) is 3. The first-order valence-electron chi connectivity index (χ1n) is 7.88. The predicted octanol–water partition coefficient (Wildman–Crippen LogP) is 3.42. The zero-order valence-electron chi connectivity index (χ0n) is 13.6. The molecule has 0 bridgehead atoms. The number of halogens is 1. The van der Waals surface area contributed by atoms with E-state index in [9.17, 15) is 4.39 Å². The quantitative estimate of drug-likeness (QED) is 0.870. The average molecular weight is 294 g/mol. The first-order valence-corrected chi connectivity index (χ1v) is 7.88. The van der Waals surface area contributed by atoms with Crippen molar-refractivity contribution >= 4 is 5.69 Å². The maximum absolute atomic E-state index is 14.0. The molecule has 1 aromatic rings. The smallest absolute Gasteiger partial charge is 0.126 e. The van der Waals surface area contributed by atoms with E-state index in [-0.39, 0.29) is 18.0 Å². The first-order chi connectivity index (χ1) is 10.1. The van der Waals surface area contributed by atoms with E-state index in [1.165, 1.54) is 0 Å². The second-order valence-electron chi connectivity index (χ2n) is 5.93. The highest BCUT2D eigenvalue weighted by molar-refractivity contribution is 5.58. The van der Waals surface area contributed by atoms with Crippen LogP contribution in [0.2, 0.25) is 0 Å². The molecule has 1 heterocycles. The van der Waals surface area contributed by atoms with E-state index in [0.29, 0.717) is 5.56 Å². The van der Waals surface area contributed by atoms with Gasteiger partial charge in [-0.25, -0.2) is 4.39 Å². The fourth-order valence-electron chi connectivity index (χ4n) is 2.91. The average Bonchev–Trinajstić information content (AvgIpc) is 2.96. The molecule has 2 rings (SSSR count). The summed E-state index contributed by atoms with van der Waals surface area (Å²) >= 11 is 0. The first kappa shape index (κ1) is 16.2. The third-order valence-corrected chi connectivity index (χ3v) is 4.29. The summed E-state index contributed by atoms with van der Waals surface area (Å²) in [6, 6.07) is 3.82. The summed E-state index contributed by atoms with van der Waals surface area (Å²) in [5.74, 6) is -0.124. The van der Waals surface area contributed by atoms with Gasteiger partial charge in [0.25, 0.3) is 0 Å². The summed E-state index contributed by atoms with van der Waals surface area (Å²) in [6.45, 7) is 8.87. The molecule has 0 spiro atoms. The summed E-state index contributed by atoms with van der Waals surface area (Å²) in [5, 5.41) is 3.46. The lowest BCUT2D eigenvalue weighted by Gasteiger charge is -2.26. The molecule has 1 saturated heterocycles. The summed E-state index contributed by atoms with van der Waals surface area (Å²) in [6.07, 6.45) is 2.38. The summed E-state index contributed by atoms with van der Waals surface area (Å²) in [4.78, 5) is 2.32. The minimum Gasteiger partial charge on any atom is -0.380 e. The van der Waals surface area contributed by atoms with Crippen molar-refractivity contribution in [3.05, 3.63) is 29.1 Å². The van der Waals surface area contributed by atoms with Crippen LogP contribution in [0.3, 0.4) is 0 Å². The van der Waals surface area contributed by atoms with Crippen molar-refractivity contribution < 1.29 is 9.13 Å². The summed E-state index contributed by atoms with van der Waals surface area (Å²) < 4.78 is 19.5.